The van der Waals surface area contributed by atoms with Crippen LogP contribution in [-0.4, -0.2) is 59.9 Å². The molecular weight excluding hydrogens is 511 g/mol. The highest BCUT2D eigenvalue weighted by Crippen LogP contribution is 2.32. The fraction of sp³-hybridized carbons (Fsp3) is 0.516. The minimum atomic E-state index is -0.529. The van der Waals surface area contributed by atoms with Gasteiger partial charge >= 0.3 is 5.97 Å². The Hall–Kier alpha value is -3.30. The molecule has 2 heterocycles. The lowest BCUT2D eigenvalue weighted by atomic mass is 10.00. The Labute approximate surface area is 236 Å². The molecule has 1 aliphatic heterocycles. The molecule has 0 saturated carbocycles. The van der Waals surface area contributed by atoms with Crippen LogP contribution in [0.2, 0.25) is 0 Å². The number of ether oxygens (including phenoxy) is 2. The molecule has 2 aromatic carbocycles. The van der Waals surface area contributed by atoms with E-state index in [2.05, 4.69) is 28.0 Å². The molecule has 0 spiro atoms. The number of methoxy groups -OCH3 is 1. The zero-order valence-corrected chi connectivity index (χ0v) is 24.5. The molecule has 1 aliphatic rings. The Bertz CT molecular complexity index is 1300. The lowest BCUT2D eigenvalue weighted by Gasteiger charge is -2.36. The van der Waals surface area contributed by atoms with E-state index < -0.39 is 5.60 Å². The van der Waals surface area contributed by atoms with Crippen molar-refractivity contribution in [3.8, 4) is 22.8 Å². The van der Waals surface area contributed by atoms with Crippen LogP contribution >= 0.6 is 0 Å². The van der Waals surface area contributed by atoms with Crippen LogP contribution in [0.5, 0.6) is 0 Å². The van der Waals surface area contributed by atoms with Crippen molar-refractivity contribution in [2.24, 2.45) is 0 Å². The van der Waals surface area contributed by atoms with Crippen LogP contribution in [0.1, 0.15) is 64.5 Å². The minimum absolute atomic E-state index is 0.226. The van der Waals surface area contributed by atoms with E-state index >= 15 is 0 Å². The van der Waals surface area contributed by atoms with Crippen LogP contribution in [-0.2, 0) is 27.4 Å². The largest absolute Gasteiger partial charge is 0.460 e. The fourth-order valence-electron chi connectivity index (χ4n) is 5.06. The number of carbonyl (C=O) groups excluding carboxylic acids is 1. The molecule has 0 amide bonds. The Balaban J connectivity index is 1.48. The zero-order valence-electron chi connectivity index (χ0n) is 24.5. The summed E-state index contributed by atoms with van der Waals surface area (Å²) in [5.74, 6) is 0.170. The Morgan fingerprint density at radius 3 is 2.62 bits per heavy atom. The van der Waals surface area contributed by atoms with Crippen molar-refractivity contribution < 1.29 is 23.2 Å². The van der Waals surface area contributed by atoms with E-state index in [1.807, 2.05) is 44.9 Å². The van der Waals surface area contributed by atoms with Crippen molar-refractivity contribution in [2.45, 2.75) is 78.2 Å². The predicted molar refractivity (Wildman–Crippen MR) is 153 cm³/mol. The number of esters is 1. The van der Waals surface area contributed by atoms with Gasteiger partial charge in [0.15, 0.2) is 0 Å². The molecule has 0 bridgehead atoms. The number of halogens is 1. The third-order valence-corrected chi connectivity index (χ3v) is 7.03. The molecule has 4 rings (SSSR count). The average molecular weight is 553 g/mol. The van der Waals surface area contributed by atoms with Gasteiger partial charge in [0.25, 0.3) is 5.89 Å². The van der Waals surface area contributed by atoms with Crippen molar-refractivity contribution in [3.63, 3.8) is 0 Å². The van der Waals surface area contributed by atoms with E-state index in [0.717, 1.165) is 17.7 Å². The second-order valence-corrected chi connectivity index (χ2v) is 11.6. The number of aromatic nitrogens is 2. The third-order valence-electron chi connectivity index (χ3n) is 7.03. The third kappa shape index (κ3) is 7.67. The zero-order chi connectivity index (χ0) is 28.9. The van der Waals surface area contributed by atoms with Gasteiger partial charge in [-0.2, -0.15) is 4.98 Å². The van der Waals surface area contributed by atoms with Gasteiger partial charge in [-0.15, -0.1) is 0 Å². The van der Waals surface area contributed by atoms with Gasteiger partial charge in [0.1, 0.15) is 11.4 Å². The predicted octanol–water partition coefficient (Wildman–Crippen LogP) is 6.23. The van der Waals surface area contributed by atoms with Crippen LogP contribution in [0.3, 0.4) is 0 Å². The number of benzene rings is 2. The van der Waals surface area contributed by atoms with E-state index in [1.165, 1.54) is 31.0 Å². The number of nitrogens with zero attached hydrogens (tertiary/aromatic N) is 4. The monoisotopic (exact) mass is 552 g/mol. The highest BCUT2D eigenvalue weighted by molar-refractivity contribution is 5.70. The maximum Gasteiger partial charge on any atom is 0.307 e. The first-order valence-electron chi connectivity index (χ1n) is 14.0. The molecule has 1 saturated heterocycles. The van der Waals surface area contributed by atoms with Crippen LogP contribution in [0.25, 0.3) is 22.8 Å². The molecular formula is C31H41FN4O4. The quantitative estimate of drug-likeness (QED) is 0.274. The van der Waals surface area contributed by atoms with Gasteiger partial charge in [-0.05, 0) is 90.4 Å². The molecule has 1 aromatic heterocycles. The summed E-state index contributed by atoms with van der Waals surface area (Å²) in [5, 5.41) is 4.18. The molecule has 0 N–H and O–H groups in total. The maximum absolute atomic E-state index is 14.7. The molecule has 0 aliphatic carbocycles. The number of rotatable bonds is 10. The van der Waals surface area contributed by atoms with Crippen molar-refractivity contribution in [1.82, 2.24) is 15.0 Å². The normalized spacial score (nSPS) is 16.0. The van der Waals surface area contributed by atoms with E-state index in [0.29, 0.717) is 48.6 Å². The van der Waals surface area contributed by atoms with Gasteiger partial charge < -0.3 is 23.8 Å². The first-order chi connectivity index (χ1) is 19.0. The number of anilines is 1. The molecule has 1 atom stereocenters. The van der Waals surface area contributed by atoms with E-state index in [9.17, 15) is 9.18 Å². The summed E-state index contributed by atoms with van der Waals surface area (Å²) in [5.41, 5.74) is 3.67. The summed E-state index contributed by atoms with van der Waals surface area (Å²) in [7, 11) is 3.54. The summed E-state index contributed by atoms with van der Waals surface area (Å²) in [4.78, 5) is 21.0. The topological polar surface area (TPSA) is 80.9 Å². The smallest absolute Gasteiger partial charge is 0.307 e. The highest BCUT2D eigenvalue weighted by Gasteiger charge is 2.22. The van der Waals surface area contributed by atoms with Gasteiger partial charge in [-0.25, -0.2) is 4.39 Å². The van der Waals surface area contributed by atoms with Crippen molar-refractivity contribution in [3.05, 3.63) is 53.3 Å². The summed E-state index contributed by atoms with van der Waals surface area (Å²) in [6.07, 6.45) is 3.85. The van der Waals surface area contributed by atoms with Crippen molar-refractivity contribution in [2.75, 3.05) is 32.1 Å². The summed E-state index contributed by atoms with van der Waals surface area (Å²) in [6.45, 7) is 10.1. The molecule has 40 heavy (non-hydrogen) atoms. The van der Waals surface area contributed by atoms with Crippen LogP contribution in [0, 0.1) is 5.82 Å². The van der Waals surface area contributed by atoms with E-state index in [1.54, 1.807) is 19.2 Å². The van der Waals surface area contributed by atoms with Crippen LogP contribution in [0.4, 0.5) is 10.1 Å². The van der Waals surface area contributed by atoms with Gasteiger partial charge in [-0.1, -0.05) is 5.16 Å². The molecule has 216 valence electrons. The lowest BCUT2D eigenvalue weighted by Crippen LogP contribution is -2.38. The Morgan fingerprint density at radius 2 is 1.90 bits per heavy atom. The van der Waals surface area contributed by atoms with E-state index in [4.69, 9.17) is 14.0 Å². The highest BCUT2D eigenvalue weighted by atomic mass is 19.1. The number of hydrogen-bond donors (Lipinski definition) is 0. The fourth-order valence-corrected chi connectivity index (χ4v) is 5.06. The van der Waals surface area contributed by atoms with E-state index in [-0.39, 0.29) is 18.2 Å². The molecule has 3 aromatic rings. The average Bonchev–Trinajstić information content (AvgIpc) is 3.39. The number of hydrogen-bond acceptors (Lipinski definition) is 8. The van der Waals surface area contributed by atoms with Gasteiger partial charge in [0, 0.05) is 60.7 Å². The second-order valence-electron chi connectivity index (χ2n) is 11.6. The minimum Gasteiger partial charge on any atom is -0.460 e. The Kier molecular flexibility index (Phi) is 9.58. The molecule has 1 fully saturated rings. The summed E-state index contributed by atoms with van der Waals surface area (Å²) >= 11 is 0. The molecule has 1 unspecified atom stereocenters. The first kappa shape index (κ1) is 29.7. The number of piperidine rings is 1. The van der Waals surface area contributed by atoms with Crippen molar-refractivity contribution in [1.29, 1.82) is 0 Å². The van der Waals surface area contributed by atoms with Gasteiger partial charge in [0.05, 0.1) is 13.0 Å². The molecule has 0 radical (unpaired) electrons. The lowest BCUT2D eigenvalue weighted by molar-refractivity contribution is -0.155. The summed E-state index contributed by atoms with van der Waals surface area (Å²) in [6, 6.07) is 11.4. The first-order valence-corrected chi connectivity index (χ1v) is 14.0. The second kappa shape index (κ2) is 12.9. The van der Waals surface area contributed by atoms with Crippen LogP contribution < -0.4 is 4.90 Å². The molecule has 8 nitrogen and oxygen atoms in total. The molecule has 9 heteroatoms. The summed E-state index contributed by atoms with van der Waals surface area (Å²) < 4.78 is 31.2. The van der Waals surface area contributed by atoms with Gasteiger partial charge in [-0.3, -0.25) is 4.79 Å². The Morgan fingerprint density at radius 1 is 1.15 bits per heavy atom. The standard InChI is InChI=1S/C31H41FN4O4/c1-21-9-7-8-15-36(21)27-13-11-23(18-25(27)20-38-6)30-33-29(34-40-30)22-10-12-26(32)24(17-22)19-35(5)16-14-28(37)39-31(2,3)4/h10-13,17-18,21H,7-9,14-16,19-20H2,1-6H3. The van der Waals surface area contributed by atoms with Crippen molar-refractivity contribution >= 4 is 11.7 Å². The SMILES string of the molecule is COCc1cc(-c2nc(-c3ccc(F)c(CN(C)CCC(=O)OC(C)(C)C)c3)no2)ccc1N1CCCCC1C. The maximum atomic E-state index is 14.7. The van der Waals surface area contributed by atoms with Gasteiger partial charge in [0.2, 0.25) is 5.82 Å². The van der Waals surface area contributed by atoms with Crippen LogP contribution in [0.15, 0.2) is 40.9 Å². The number of carbonyl (C=O) groups is 1.